The van der Waals surface area contributed by atoms with Crippen molar-refractivity contribution < 1.29 is 24.4 Å². The maximum absolute atomic E-state index is 10.6. The zero-order valence-corrected chi connectivity index (χ0v) is 13.4. The Bertz CT molecular complexity index is 769. The second kappa shape index (κ2) is 8.44. The van der Waals surface area contributed by atoms with E-state index in [-0.39, 0.29) is 12.3 Å². The van der Waals surface area contributed by atoms with E-state index >= 15 is 0 Å². The fourth-order valence-electron chi connectivity index (χ4n) is 1.91. The summed E-state index contributed by atoms with van der Waals surface area (Å²) in [6.45, 7) is 1.56. The van der Waals surface area contributed by atoms with E-state index < -0.39 is 17.5 Å². The fraction of sp³-hybridized carbons (Fsp3) is 0.176. The summed E-state index contributed by atoms with van der Waals surface area (Å²) in [6.07, 6.45) is 0. The number of aliphatic carboxylic acids is 1. The summed E-state index contributed by atoms with van der Waals surface area (Å²) in [5.74, 6) is -0.591. The molecule has 0 spiro atoms. The highest BCUT2D eigenvalue weighted by Gasteiger charge is 2.05. The molecule has 0 saturated heterocycles. The van der Waals surface area contributed by atoms with Crippen LogP contribution in [0.4, 0.5) is 5.69 Å². The van der Waals surface area contributed by atoms with Crippen LogP contribution in [0.2, 0.25) is 0 Å². The van der Waals surface area contributed by atoms with Gasteiger partial charge in [-0.3, -0.25) is 10.1 Å². The first-order valence-corrected chi connectivity index (χ1v) is 7.30. The summed E-state index contributed by atoms with van der Waals surface area (Å²) < 4.78 is 5.05. The van der Waals surface area contributed by atoms with Gasteiger partial charge in [0.2, 0.25) is 0 Å². The molecule has 2 aromatic rings. The van der Waals surface area contributed by atoms with Crippen molar-refractivity contribution in [2.75, 3.05) is 6.61 Å². The number of nitro benzene ring substituents is 1. The third-order valence-corrected chi connectivity index (χ3v) is 3.21. The van der Waals surface area contributed by atoms with Crippen LogP contribution in [0, 0.1) is 10.1 Å². The number of hydrogen-bond acceptors (Lipinski definition) is 6. The second-order valence-electron chi connectivity index (χ2n) is 5.08. The summed E-state index contributed by atoms with van der Waals surface area (Å²) in [5.41, 5.74) is 2.21. The first-order chi connectivity index (χ1) is 12.0. The molecule has 0 saturated carbocycles. The lowest BCUT2D eigenvalue weighted by atomic mass is 10.1. The highest BCUT2D eigenvalue weighted by molar-refractivity contribution is 5.98. The van der Waals surface area contributed by atoms with Crippen LogP contribution in [-0.2, 0) is 16.2 Å². The van der Waals surface area contributed by atoms with E-state index in [1.807, 2.05) is 0 Å². The van der Waals surface area contributed by atoms with Crippen LogP contribution in [0.25, 0.3) is 0 Å². The number of carboxylic acids is 1. The maximum Gasteiger partial charge on any atom is 0.341 e. The van der Waals surface area contributed by atoms with Crippen molar-refractivity contribution in [1.29, 1.82) is 0 Å². The Morgan fingerprint density at radius 2 is 1.80 bits per heavy atom. The van der Waals surface area contributed by atoms with Crippen molar-refractivity contribution in [3.8, 4) is 5.75 Å². The monoisotopic (exact) mass is 344 g/mol. The summed E-state index contributed by atoms with van der Waals surface area (Å²) in [4.78, 5) is 25.8. The molecule has 0 fully saturated rings. The molecule has 8 heteroatoms. The molecule has 0 aliphatic carbocycles. The van der Waals surface area contributed by atoms with E-state index in [1.54, 1.807) is 43.3 Å². The SMILES string of the molecule is CC(=NOCc1ccc([N+](=O)[O-])cc1)c1ccc(OCC(=O)O)cc1. The molecule has 25 heavy (non-hydrogen) atoms. The molecule has 1 N–H and O–H groups in total. The van der Waals surface area contributed by atoms with E-state index in [4.69, 9.17) is 14.7 Å². The minimum Gasteiger partial charge on any atom is -0.482 e. The van der Waals surface area contributed by atoms with E-state index in [0.717, 1.165) is 11.1 Å². The van der Waals surface area contributed by atoms with E-state index in [9.17, 15) is 14.9 Å². The van der Waals surface area contributed by atoms with Gasteiger partial charge in [-0.15, -0.1) is 0 Å². The van der Waals surface area contributed by atoms with Crippen molar-refractivity contribution in [3.63, 3.8) is 0 Å². The second-order valence-corrected chi connectivity index (χ2v) is 5.08. The number of nitrogens with zero attached hydrogens (tertiary/aromatic N) is 2. The smallest absolute Gasteiger partial charge is 0.341 e. The highest BCUT2D eigenvalue weighted by Crippen LogP contribution is 2.14. The van der Waals surface area contributed by atoms with Gasteiger partial charge in [0.25, 0.3) is 5.69 Å². The van der Waals surface area contributed by atoms with Crippen LogP contribution in [0.5, 0.6) is 5.75 Å². The quantitative estimate of drug-likeness (QED) is 0.447. The predicted octanol–water partition coefficient (Wildman–Crippen LogP) is 3.00. The van der Waals surface area contributed by atoms with Gasteiger partial charge in [0.15, 0.2) is 6.61 Å². The number of benzene rings is 2. The van der Waals surface area contributed by atoms with Crippen molar-refractivity contribution in [3.05, 3.63) is 69.8 Å². The molecule has 0 bridgehead atoms. The Kier molecular flexibility index (Phi) is 6.05. The topological polar surface area (TPSA) is 111 Å². The number of ether oxygens (including phenoxy) is 1. The minimum atomic E-state index is -1.04. The molecular weight excluding hydrogens is 328 g/mol. The minimum absolute atomic E-state index is 0.0219. The van der Waals surface area contributed by atoms with Crippen molar-refractivity contribution >= 4 is 17.4 Å². The Balaban J connectivity index is 1.90. The van der Waals surface area contributed by atoms with Crippen molar-refractivity contribution in [2.24, 2.45) is 5.16 Å². The normalized spacial score (nSPS) is 11.0. The summed E-state index contributed by atoms with van der Waals surface area (Å²) >= 11 is 0. The molecule has 0 atom stereocenters. The molecule has 0 unspecified atom stereocenters. The third kappa shape index (κ3) is 5.61. The number of rotatable bonds is 8. The number of carboxylic acid groups (broad SMARTS) is 1. The highest BCUT2D eigenvalue weighted by atomic mass is 16.6. The van der Waals surface area contributed by atoms with Crippen molar-refractivity contribution in [1.82, 2.24) is 0 Å². The molecule has 0 amide bonds. The Morgan fingerprint density at radius 3 is 2.36 bits per heavy atom. The van der Waals surface area contributed by atoms with Crippen LogP contribution in [0.1, 0.15) is 18.1 Å². The molecule has 2 rings (SSSR count). The average Bonchev–Trinajstić information content (AvgIpc) is 2.60. The molecule has 8 nitrogen and oxygen atoms in total. The first-order valence-electron chi connectivity index (χ1n) is 7.30. The number of nitro groups is 1. The summed E-state index contributed by atoms with van der Waals surface area (Å²) in [5, 5.41) is 23.1. The van der Waals surface area contributed by atoms with Crippen LogP contribution in [0.15, 0.2) is 53.7 Å². The summed E-state index contributed by atoms with van der Waals surface area (Å²) in [6, 6.07) is 12.8. The van der Waals surface area contributed by atoms with E-state index in [0.29, 0.717) is 11.5 Å². The van der Waals surface area contributed by atoms with E-state index in [1.165, 1.54) is 12.1 Å². The predicted molar refractivity (Wildman–Crippen MR) is 89.7 cm³/mol. The van der Waals surface area contributed by atoms with Crippen LogP contribution >= 0.6 is 0 Å². The van der Waals surface area contributed by atoms with Crippen LogP contribution in [0.3, 0.4) is 0 Å². The molecule has 0 aliphatic rings. The van der Waals surface area contributed by atoms with Gasteiger partial charge in [0.05, 0.1) is 10.6 Å². The zero-order valence-electron chi connectivity index (χ0n) is 13.4. The maximum atomic E-state index is 10.6. The van der Waals surface area contributed by atoms with Crippen molar-refractivity contribution in [2.45, 2.75) is 13.5 Å². The molecular formula is C17H16N2O6. The zero-order chi connectivity index (χ0) is 18.2. The molecule has 0 radical (unpaired) electrons. The molecule has 0 aliphatic heterocycles. The Morgan fingerprint density at radius 1 is 1.16 bits per heavy atom. The van der Waals surface area contributed by atoms with Gasteiger partial charge in [-0.05, 0) is 54.4 Å². The standard InChI is InChI=1S/C17H16N2O6/c1-12(14-4-8-16(9-5-14)24-11-17(20)21)18-25-10-13-2-6-15(7-3-13)19(22)23/h2-9H,10-11H2,1H3,(H,20,21). The van der Waals surface area contributed by atoms with Crippen LogP contribution < -0.4 is 4.74 Å². The van der Waals surface area contributed by atoms with Gasteiger partial charge in [-0.1, -0.05) is 5.16 Å². The first kappa shape index (κ1) is 17.9. The van der Waals surface area contributed by atoms with E-state index in [2.05, 4.69) is 5.16 Å². The lowest BCUT2D eigenvalue weighted by Crippen LogP contribution is -2.09. The largest absolute Gasteiger partial charge is 0.482 e. The lowest BCUT2D eigenvalue weighted by Gasteiger charge is -2.05. The number of hydrogen-bond donors (Lipinski definition) is 1. The van der Waals surface area contributed by atoms with Gasteiger partial charge < -0.3 is 14.7 Å². The Labute approximate surface area is 143 Å². The Hall–Kier alpha value is -3.42. The number of non-ortho nitro benzene ring substituents is 1. The molecule has 130 valence electrons. The van der Waals surface area contributed by atoms with Gasteiger partial charge in [-0.25, -0.2) is 4.79 Å². The average molecular weight is 344 g/mol. The lowest BCUT2D eigenvalue weighted by molar-refractivity contribution is -0.384. The summed E-state index contributed by atoms with van der Waals surface area (Å²) in [7, 11) is 0. The number of oxime groups is 1. The van der Waals surface area contributed by atoms with Gasteiger partial charge in [0.1, 0.15) is 12.4 Å². The number of carbonyl (C=O) groups is 1. The van der Waals surface area contributed by atoms with Crippen LogP contribution in [-0.4, -0.2) is 28.3 Å². The molecule has 2 aromatic carbocycles. The third-order valence-electron chi connectivity index (χ3n) is 3.21. The fourth-order valence-corrected chi connectivity index (χ4v) is 1.91. The molecule has 0 aromatic heterocycles. The van der Waals surface area contributed by atoms with Gasteiger partial charge in [-0.2, -0.15) is 0 Å². The van der Waals surface area contributed by atoms with Gasteiger partial charge >= 0.3 is 5.97 Å². The van der Waals surface area contributed by atoms with Gasteiger partial charge in [0, 0.05) is 12.1 Å². The molecule has 0 heterocycles.